The Bertz CT molecular complexity index is 1150. The van der Waals surface area contributed by atoms with Gasteiger partial charge in [0.1, 0.15) is 0 Å². The molecule has 0 radical (unpaired) electrons. The number of carbonyl (C=O) groups is 2. The standard InChI is InChI=1S/C23H20Cl2N2O3S/c1-4-30-22(29)14(3)13(2)15-5-7-16(8-6-15)21(28)27-23-26-20(12-31-23)17-9-10-18(24)19(25)11-17/h5-12H,4H2,1-3H3,(H,26,27,28)/b14-13+. The van der Waals surface area contributed by atoms with Gasteiger partial charge in [-0.3, -0.25) is 10.1 Å². The third-order valence-corrected chi connectivity index (χ3v) is 6.16. The summed E-state index contributed by atoms with van der Waals surface area (Å²) < 4.78 is 5.04. The Morgan fingerprint density at radius 1 is 1.03 bits per heavy atom. The number of esters is 1. The van der Waals surface area contributed by atoms with Gasteiger partial charge in [-0.2, -0.15) is 0 Å². The van der Waals surface area contributed by atoms with Gasteiger partial charge in [-0.05, 0) is 56.2 Å². The van der Waals surface area contributed by atoms with Crippen LogP contribution in [0.15, 0.2) is 53.4 Å². The highest BCUT2D eigenvalue weighted by atomic mass is 35.5. The zero-order valence-corrected chi connectivity index (χ0v) is 19.5. The summed E-state index contributed by atoms with van der Waals surface area (Å²) in [7, 11) is 0. The van der Waals surface area contributed by atoms with Crippen LogP contribution in [0.1, 0.15) is 36.7 Å². The van der Waals surface area contributed by atoms with E-state index in [4.69, 9.17) is 27.9 Å². The quantitative estimate of drug-likeness (QED) is 0.317. The number of hydrogen-bond acceptors (Lipinski definition) is 5. The van der Waals surface area contributed by atoms with Crippen molar-refractivity contribution in [2.24, 2.45) is 0 Å². The Kier molecular flexibility index (Phi) is 7.49. The Hall–Kier alpha value is -2.67. The molecule has 0 aliphatic rings. The highest BCUT2D eigenvalue weighted by molar-refractivity contribution is 7.14. The van der Waals surface area contributed by atoms with Crippen molar-refractivity contribution in [2.45, 2.75) is 20.8 Å². The van der Waals surface area contributed by atoms with Gasteiger partial charge in [0.15, 0.2) is 5.13 Å². The molecule has 3 rings (SSSR count). The first-order valence-electron chi connectivity index (χ1n) is 9.47. The van der Waals surface area contributed by atoms with E-state index < -0.39 is 0 Å². The van der Waals surface area contributed by atoms with Crippen LogP contribution in [-0.2, 0) is 9.53 Å². The number of hydrogen-bond donors (Lipinski definition) is 1. The number of benzene rings is 2. The van der Waals surface area contributed by atoms with E-state index in [9.17, 15) is 9.59 Å². The average molecular weight is 475 g/mol. The van der Waals surface area contributed by atoms with Gasteiger partial charge in [-0.15, -0.1) is 11.3 Å². The van der Waals surface area contributed by atoms with Gasteiger partial charge < -0.3 is 4.74 Å². The predicted octanol–water partition coefficient (Wildman–Crippen LogP) is 6.73. The van der Waals surface area contributed by atoms with Crippen LogP contribution in [0, 0.1) is 0 Å². The molecule has 8 heteroatoms. The number of thiazole rings is 1. The maximum absolute atomic E-state index is 12.6. The van der Waals surface area contributed by atoms with Crippen LogP contribution in [0.4, 0.5) is 5.13 Å². The Morgan fingerprint density at radius 2 is 1.71 bits per heavy atom. The number of nitrogens with zero attached hydrogens (tertiary/aromatic N) is 1. The summed E-state index contributed by atoms with van der Waals surface area (Å²) in [5.41, 5.74) is 4.18. The summed E-state index contributed by atoms with van der Waals surface area (Å²) in [5, 5.41) is 6.04. The molecule has 0 saturated heterocycles. The van der Waals surface area contributed by atoms with Gasteiger partial charge in [-0.1, -0.05) is 41.4 Å². The molecule has 160 valence electrons. The highest BCUT2D eigenvalue weighted by Crippen LogP contribution is 2.30. The van der Waals surface area contributed by atoms with Crippen molar-refractivity contribution in [3.8, 4) is 11.3 Å². The van der Waals surface area contributed by atoms with E-state index in [0.717, 1.165) is 16.7 Å². The zero-order chi connectivity index (χ0) is 22.5. The van der Waals surface area contributed by atoms with Crippen LogP contribution in [0.5, 0.6) is 0 Å². The minimum atomic E-state index is -0.344. The van der Waals surface area contributed by atoms with Crippen LogP contribution in [0.3, 0.4) is 0 Å². The lowest BCUT2D eigenvalue weighted by Gasteiger charge is -2.08. The number of nitrogens with one attached hydrogen (secondary N) is 1. The van der Waals surface area contributed by atoms with Crippen molar-refractivity contribution in [1.29, 1.82) is 0 Å². The first-order chi connectivity index (χ1) is 14.8. The molecule has 5 nitrogen and oxygen atoms in total. The third kappa shape index (κ3) is 5.53. The zero-order valence-electron chi connectivity index (χ0n) is 17.2. The molecule has 3 aromatic rings. The largest absolute Gasteiger partial charge is 0.463 e. The summed E-state index contributed by atoms with van der Waals surface area (Å²) in [6.07, 6.45) is 0. The van der Waals surface area contributed by atoms with E-state index in [-0.39, 0.29) is 11.9 Å². The minimum Gasteiger partial charge on any atom is -0.463 e. The number of ether oxygens (including phenoxy) is 1. The average Bonchev–Trinajstić information content (AvgIpc) is 3.23. The van der Waals surface area contributed by atoms with Crippen LogP contribution in [0.2, 0.25) is 10.0 Å². The van der Waals surface area contributed by atoms with Crippen molar-refractivity contribution in [3.05, 3.63) is 74.6 Å². The van der Waals surface area contributed by atoms with Gasteiger partial charge in [0, 0.05) is 22.1 Å². The minimum absolute atomic E-state index is 0.273. The van der Waals surface area contributed by atoms with Crippen LogP contribution in [-0.4, -0.2) is 23.5 Å². The molecule has 0 atom stereocenters. The number of allylic oxidation sites excluding steroid dienone is 1. The number of carbonyl (C=O) groups excluding carboxylic acids is 2. The molecule has 0 aliphatic heterocycles. The maximum Gasteiger partial charge on any atom is 0.333 e. The Morgan fingerprint density at radius 3 is 2.35 bits per heavy atom. The van der Waals surface area contributed by atoms with Crippen molar-refractivity contribution in [2.75, 3.05) is 11.9 Å². The van der Waals surface area contributed by atoms with Gasteiger partial charge >= 0.3 is 5.97 Å². The van der Waals surface area contributed by atoms with E-state index in [1.54, 1.807) is 50.2 Å². The van der Waals surface area contributed by atoms with Crippen LogP contribution >= 0.6 is 34.5 Å². The molecule has 1 amide bonds. The molecular formula is C23H20Cl2N2O3S. The van der Waals surface area contributed by atoms with E-state index in [2.05, 4.69) is 10.3 Å². The summed E-state index contributed by atoms with van der Waals surface area (Å²) in [6, 6.07) is 12.3. The van der Waals surface area contributed by atoms with Crippen molar-refractivity contribution in [1.82, 2.24) is 4.98 Å². The fourth-order valence-corrected chi connectivity index (χ4v) is 3.78. The maximum atomic E-state index is 12.6. The van der Waals surface area contributed by atoms with E-state index >= 15 is 0 Å². The lowest BCUT2D eigenvalue weighted by atomic mass is 10.0. The van der Waals surface area contributed by atoms with Crippen LogP contribution in [0.25, 0.3) is 16.8 Å². The second-order valence-electron chi connectivity index (χ2n) is 6.67. The third-order valence-electron chi connectivity index (χ3n) is 4.66. The molecule has 1 aromatic heterocycles. The molecule has 0 spiro atoms. The number of halogens is 2. The fourth-order valence-electron chi connectivity index (χ4n) is 2.77. The lowest BCUT2D eigenvalue weighted by Crippen LogP contribution is -2.11. The second-order valence-corrected chi connectivity index (χ2v) is 8.34. The molecule has 0 aliphatic carbocycles. The number of anilines is 1. The molecule has 0 fully saturated rings. The summed E-state index contributed by atoms with van der Waals surface area (Å²) >= 11 is 13.3. The molecule has 0 unspecified atom stereocenters. The molecule has 2 aromatic carbocycles. The molecule has 0 bridgehead atoms. The second kappa shape index (κ2) is 10.1. The topological polar surface area (TPSA) is 68.3 Å². The number of amides is 1. The van der Waals surface area contributed by atoms with Crippen molar-refractivity contribution < 1.29 is 14.3 Å². The normalized spacial score (nSPS) is 11.6. The van der Waals surface area contributed by atoms with Gasteiger partial charge in [0.25, 0.3) is 5.91 Å². The monoisotopic (exact) mass is 474 g/mol. The molecule has 31 heavy (non-hydrogen) atoms. The summed E-state index contributed by atoms with van der Waals surface area (Å²) in [6.45, 7) is 5.67. The Labute approximate surface area is 194 Å². The molecular weight excluding hydrogens is 455 g/mol. The molecule has 0 saturated carbocycles. The van der Waals surface area contributed by atoms with Gasteiger partial charge in [0.05, 0.1) is 22.3 Å². The van der Waals surface area contributed by atoms with Crippen molar-refractivity contribution in [3.63, 3.8) is 0 Å². The Balaban J connectivity index is 1.71. The predicted molar refractivity (Wildman–Crippen MR) is 127 cm³/mol. The van der Waals surface area contributed by atoms with Gasteiger partial charge in [0.2, 0.25) is 0 Å². The summed E-state index contributed by atoms with van der Waals surface area (Å²) in [4.78, 5) is 29.0. The fraction of sp³-hybridized carbons (Fsp3) is 0.174. The molecule has 1 N–H and O–H groups in total. The van der Waals surface area contributed by atoms with E-state index in [0.29, 0.717) is 38.6 Å². The SMILES string of the molecule is CCOC(=O)/C(C)=C(\C)c1ccc(C(=O)Nc2nc(-c3ccc(Cl)c(Cl)c3)cs2)cc1. The van der Waals surface area contributed by atoms with Crippen LogP contribution < -0.4 is 5.32 Å². The van der Waals surface area contributed by atoms with E-state index in [1.807, 2.05) is 18.4 Å². The number of rotatable bonds is 6. The van der Waals surface area contributed by atoms with Crippen molar-refractivity contribution >= 4 is 57.1 Å². The highest BCUT2D eigenvalue weighted by Gasteiger charge is 2.13. The lowest BCUT2D eigenvalue weighted by molar-refractivity contribution is -0.138. The summed E-state index contributed by atoms with van der Waals surface area (Å²) in [5.74, 6) is -0.617. The van der Waals surface area contributed by atoms with Gasteiger partial charge in [-0.25, -0.2) is 9.78 Å². The first-order valence-corrected chi connectivity index (χ1v) is 11.1. The molecule has 1 heterocycles. The smallest absolute Gasteiger partial charge is 0.333 e. The van der Waals surface area contributed by atoms with E-state index in [1.165, 1.54) is 11.3 Å². The first kappa shape index (κ1) is 23.0. The number of aromatic nitrogens is 1.